The molecule has 0 atom stereocenters. The molecule has 9 heteroatoms. The Bertz CT molecular complexity index is 643. The van der Waals surface area contributed by atoms with Crippen LogP contribution in [0.2, 0.25) is 0 Å². The summed E-state index contributed by atoms with van der Waals surface area (Å²) >= 11 is 0. The van der Waals surface area contributed by atoms with Gasteiger partial charge in [0.25, 0.3) is 5.69 Å². The molecule has 1 saturated carbocycles. The molecule has 6 nitrogen and oxygen atoms in total. The zero-order valence-corrected chi connectivity index (χ0v) is 13.8. The first-order chi connectivity index (χ1) is 11.7. The van der Waals surface area contributed by atoms with Gasteiger partial charge < -0.3 is 10.2 Å². The predicted octanol–water partition coefficient (Wildman–Crippen LogP) is 3.82. The van der Waals surface area contributed by atoms with E-state index in [4.69, 9.17) is 0 Å². The largest absolute Gasteiger partial charge is 0.416 e. The van der Waals surface area contributed by atoms with Crippen LogP contribution in [0.3, 0.4) is 0 Å². The number of nitrogens with zero attached hydrogens (tertiary/aromatic N) is 2. The lowest BCUT2D eigenvalue weighted by molar-refractivity contribution is -0.384. The second kappa shape index (κ2) is 7.71. The third-order valence-electron chi connectivity index (χ3n) is 4.44. The number of hydrogen-bond donors (Lipinski definition) is 1. The average molecular weight is 359 g/mol. The van der Waals surface area contributed by atoms with E-state index in [1.807, 2.05) is 0 Å². The van der Waals surface area contributed by atoms with Crippen molar-refractivity contribution in [2.75, 3.05) is 18.9 Å². The third kappa shape index (κ3) is 4.83. The fourth-order valence-corrected chi connectivity index (χ4v) is 2.98. The van der Waals surface area contributed by atoms with E-state index < -0.39 is 22.4 Å². The number of nitrogens with one attached hydrogen (secondary N) is 1. The number of anilines is 1. The van der Waals surface area contributed by atoms with Crippen LogP contribution in [0.4, 0.5) is 24.5 Å². The summed E-state index contributed by atoms with van der Waals surface area (Å²) in [6, 6.07) is 2.52. The smallest absolute Gasteiger partial charge is 0.379 e. The van der Waals surface area contributed by atoms with Gasteiger partial charge in [-0.2, -0.15) is 13.2 Å². The Morgan fingerprint density at radius 1 is 1.36 bits per heavy atom. The van der Waals surface area contributed by atoms with E-state index in [1.54, 1.807) is 11.9 Å². The number of benzene rings is 1. The molecular weight excluding hydrogens is 339 g/mol. The minimum atomic E-state index is -4.65. The lowest BCUT2D eigenvalue weighted by Crippen LogP contribution is -2.36. The number of rotatable bonds is 6. The highest BCUT2D eigenvalue weighted by atomic mass is 19.4. The van der Waals surface area contributed by atoms with E-state index in [0.29, 0.717) is 6.07 Å². The third-order valence-corrected chi connectivity index (χ3v) is 4.44. The number of hydrogen-bond acceptors (Lipinski definition) is 4. The quantitative estimate of drug-likeness (QED) is 0.619. The molecule has 138 valence electrons. The highest BCUT2D eigenvalue weighted by molar-refractivity contribution is 5.77. The fraction of sp³-hybridized carbons (Fsp3) is 0.562. The van der Waals surface area contributed by atoms with Gasteiger partial charge in [-0.25, -0.2) is 0 Å². The van der Waals surface area contributed by atoms with Crippen molar-refractivity contribution in [2.45, 2.75) is 44.3 Å². The van der Waals surface area contributed by atoms with Crippen LogP contribution in [-0.4, -0.2) is 35.4 Å². The number of carbonyl (C=O) groups excluding carboxylic acids is 1. The van der Waals surface area contributed by atoms with E-state index >= 15 is 0 Å². The maximum atomic E-state index is 12.7. The minimum Gasteiger partial charge on any atom is -0.379 e. The van der Waals surface area contributed by atoms with Crippen molar-refractivity contribution in [2.24, 2.45) is 0 Å². The van der Waals surface area contributed by atoms with E-state index in [0.717, 1.165) is 37.8 Å². The minimum absolute atomic E-state index is 0.0330. The summed E-state index contributed by atoms with van der Waals surface area (Å²) in [6.07, 6.45) is -0.398. The second-order valence-electron chi connectivity index (χ2n) is 6.11. The lowest BCUT2D eigenvalue weighted by atomic mass is 10.1. The summed E-state index contributed by atoms with van der Waals surface area (Å²) in [5.74, 6) is -0.0889. The van der Waals surface area contributed by atoms with Crippen LogP contribution in [0.5, 0.6) is 0 Å². The highest BCUT2D eigenvalue weighted by Crippen LogP contribution is 2.35. The molecule has 1 amide bonds. The molecule has 0 radical (unpaired) electrons. The first-order valence-corrected chi connectivity index (χ1v) is 8.05. The Hall–Kier alpha value is -2.32. The Morgan fingerprint density at radius 3 is 2.56 bits per heavy atom. The van der Waals surface area contributed by atoms with Crippen molar-refractivity contribution in [3.8, 4) is 0 Å². The molecule has 0 bridgehead atoms. The average Bonchev–Trinajstić information content (AvgIpc) is 3.07. The fourth-order valence-electron chi connectivity index (χ4n) is 2.98. The highest BCUT2D eigenvalue weighted by Gasteiger charge is 2.33. The Balaban J connectivity index is 1.98. The Labute approximate surface area is 143 Å². The second-order valence-corrected chi connectivity index (χ2v) is 6.11. The Morgan fingerprint density at radius 2 is 2.00 bits per heavy atom. The molecular formula is C16H20F3N3O3. The summed E-state index contributed by atoms with van der Waals surface area (Å²) < 4.78 is 38.0. The van der Waals surface area contributed by atoms with Gasteiger partial charge in [0.1, 0.15) is 5.69 Å². The van der Waals surface area contributed by atoms with Gasteiger partial charge in [0, 0.05) is 32.1 Å². The van der Waals surface area contributed by atoms with E-state index in [-0.39, 0.29) is 30.6 Å². The molecule has 1 N–H and O–H groups in total. The topological polar surface area (TPSA) is 75.5 Å². The van der Waals surface area contributed by atoms with Crippen molar-refractivity contribution in [3.63, 3.8) is 0 Å². The molecule has 1 fully saturated rings. The maximum absolute atomic E-state index is 12.7. The number of nitro groups is 1. The van der Waals surface area contributed by atoms with Crippen LogP contribution in [0.15, 0.2) is 18.2 Å². The lowest BCUT2D eigenvalue weighted by Gasteiger charge is -2.24. The Kier molecular flexibility index (Phi) is 5.86. The van der Waals surface area contributed by atoms with Gasteiger partial charge in [-0.1, -0.05) is 12.8 Å². The zero-order valence-electron chi connectivity index (χ0n) is 13.8. The molecule has 0 aromatic heterocycles. The van der Waals surface area contributed by atoms with Gasteiger partial charge in [-0.05, 0) is 25.0 Å². The number of nitro benzene ring substituents is 1. The van der Waals surface area contributed by atoms with Crippen molar-refractivity contribution in [1.82, 2.24) is 4.90 Å². The predicted molar refractivity (Wildman–Crippen MR) is 86.2 cm³/mol. The number of carbonyl (C=O) groups is 1. The monoisotopic (exact) mass is 359 g/mol. The molecule has 1 aromatic carbocycles. The van der Waals surface area contributed by atoms with Crippen LogP contribution in [0.25, 0.3) is 0 Å². The van der Waals surface area contributed by atoms with Gasteiger partial charge in [0.05, 0.1) is 10.5 Å². The summed E-state index contributed by atoms with van der Waals surface area (Å²) in [4.78, 5) is 24.0. The first-order valence-electron chi connectivity index (χ1n) is 8.05. The van der Waals surface area contributed by atoms with Crippen LogP contribution in [0, 0.1) is 10.1 Å². The molecule has 1 aliphatic rings. The molecule has 25 heavy (non-hydrogen) atoms. The van der Waals surface area contributed by atoms with Crippen molar-refractivity contribution >= 4 is 17.3 Å². The van der Waals surface area contributed by atoms with Gasteiger partial charge in [-0.3, -0.25) is 14.9 Å². The SMILES string of the molecule is CN(C(=O)CCNc1ccc(C(F)(F)F)cc1[N+](=O)[O-])C1CCCC1. The maximum Gasteiger partial charge on any atom is 0.416 e. The molecule has 0 saturated heterocycles. The zero-order chi connectivity index (χ0) is 18.6. The number of halogens is 3. The molecule has 2 rings (SSSR count). The van der Waals surface area contributed by atoms with Gasteiger partial charge >= 0.3 is 6.18 Å². The van der Waals surface area contributed by atoms with Crippen LogP contribution in [0.1, 0.15) is 37.7 Å². The summed E-state index contributed by atoms with van der Waals surface area (Å²) in [5.41, 5.74) is -1.78. The first kappa shape index (κ1) is 19.0. The van der Waals surface area contributed by atoms with Crippen LogP contribution < -0.4 is 5.32 Å². The molecule has 0 spiro atoms. The number of alkyl halides is 3. The molecule has 1 aromatic rings. The molecule has 0 unspecified atom stereocenters. The molecule has 0 heterocycles. The standard InChI is InChI=1S/C16H20F3N3O3/c1-21(12-4-2-3-5-12)15(23)8-9-20-13-7-6-11(16(17,18)19)10-14(13)22(24)25/h6-7,10,12,20H,2-5,8-9H2,1H3. The van der Waals surface area contributed by atoms with Gasteiger partial charge in [0.15, 0.2) is 0 Å². The van der Waals surface area contributed by atoms with Crippen LogP contribution in [-0.2, 0) is 11.0 Å². The van der Waals surface area contributed by atoms with E-state index in [2.05, 4.69) is 5.32 Å². The summed E-state index contributed by atoms with van der Waals surface area (Å²) in [7, 11) is 1.74. The van der Waals surface area contributed by atoms with Gasteiger partial charge in [0.2, 0.25) is 5.91 Å². The van der Waals surface area contributed by atoms with Crippen molar-refractivity contribution in [1.29, 1.82) is 0 Å². The molecule has 1 aliphatic carbocycles. The summed E-state index contributed by atoms with van der Waals surface area (Å²) in [5, 5.41) is 13.7. The van der Waals surface area contributed by atoms with Crippen LogP contribution >= 0.6 is 0 Å². The molecule has 0 aliphatic heterocycles. The summed E-state index contributed by atoms with van der Waals surface area (Å²) in [6.45, 7) is 0.113. The van der Waals surface area contributed by atoms with Crippen molar-refractivity contribution < 1.29 is 22.9 Å². The van der Waals surface area contributed by atoms with E-state index in [9.17, 15) is 28.1 Å². The normalized spacial score (nSPS) is 15.2. The van der Waals surface area contributed by atoms with E-state index in [1.165, 1.54) is 0 Å². The van der Waals surface area contributed by atoms with Gasteiger partial charge in [-0.15, -0.1) is 0 Å². The van der Waals surface area contributed by atoms with Crippen molar-refractivity contribution in [3.05, 3.63) is 33.9 Å². The number of amides is 1.